The topological polar surface area (TPSA) is 202 Å². The highest BCUT2D eigenvalue weighted by molar-refractivity contribution is 5.69. The molecule has 0 aliphatic carbocycles. The van der Waals surface area contributed by atoms with Gasteiger partial charge in [-0.2, -0.15) is 0 Å². The minimum absolute atomic E-state index is 0.108. The quantitative estimate of drug-likeness (QED) is 0.0255. The van der Waals surface area contributed by atoms with Crippen molar-refractivity contribution in [2.24, 2.45) is 0 Å². The zero-order valence-corrected chi connectivity index (χ0v) is 38.4. The maximum Gasteiger partial charge on any atom is 0.305 e. The molecule has 61 heavy (non-hydrogen) atoms. The van der Waals surface area contributed by atoms with E-state index in [1.165, 1.54) is 141 Å². The highest BCUT2D eigenvalue weighted by Gasteiger charge is 2.59. The molecular weight excluding hydrogens is 785 g/mol. The van der Waals surface area contributed by atoms with Gasteiger partial charge in [0, 0.05) is 12.8 Å². The molecule has 0 radical (unpaired) electrons. The van der Waals surface area contributed by atoms with Crippen LogP contribution in [0.25, 0.3) is 0 Å². The lowest BCUT2D eigenvalue weighted by Gasteiger charge is -2.43. The second-order valence-corrected chi connectivity index (χ2v) is 18.0. The predicted molar refractivity (Wildman–Crippen MR) is 235 cm³/mol. The Morgan fingerprint density at radius 2 is 0.852 bits per heavy atom. The largest absolute Gasteiger partial charge is 0.463 e. The third-order valence-corrected chi connectivity index (χ3v) is 12.5. The van der Waals surface area contributed by atoms with E-state index in [1.54, 1.807) is 0 Å². The molecule has 0 aromatic rings. The number of aliphatic hydroxyl groups excluding tert-OH is 6. The van der Waals surface area contributed by atoms with Gasteiger partial charge in [0.25, 0.3) is 0 Å². The maximum absolute atomic E-state index is 12.8. The summed E-state index contributed by atoms with van der Waals surface area (Å²) in [4.78, 5) is 25.3. The average Bonchev–Trinajstić information content (AvgIpc) is 3.49. The SMILES string of the molecule is CCCCCCCCCCCCCCCCCC(=O)OCC1OC(OC2(COC(=O)CCCCCCCCCCCCCCCCC)OC(CO)C(O)C2O)C(O)C(O)C1O. The van der Waals surface area contributed by atoms with Gasteiger partial charge < -0.3 is 54.3 Å². The van der Waals surface area contributed by atoms with Gasteiger partial charge in [-0.15, -0.1) is 0 Å². The van der Waals surface area contributed by atoms with Gasteiger partial charge in [0.15, 0.2) is 6.29 Å². The minimum atomic E-state index is -2.29. The van der Waals surface area contributed by atoms with Crippen molar-refractivity contribution in [3.05, 3.63) is 0 Å². The van der Waals surface area contributed by atoms with Crippen LogP contribution in [0, 0.1) is 0 Å². The Balaban J connectivity index is 1.70. The van der Waals surface area contributed by atoms with Crippen LogP contribution in [0.5, 0.6) is 0 Å². The van der Waals surface area contributed by atoms with Crippen molar-refractivity contribution in [1.82, 2.24) is 0 Å². The van der Waals surface area contributed by atoms with E-state index >= 15 is 0 Å². The van der Waals surface area contributed by atoms with E-state index in [1.807, 2.05) is 0 Å². The number of esters is 2. The van der Waals surface area contributed by atoms with Gasteiger partial charge in [0.1, 0.15) is 55.9 Å². The number of rotatable bonds is 39. The molecule has 13 heteroatoms. The van der Waals surface area contributed by atoms with Crippen molar-refractivity contribution in [2.75, 3.05) is 19.8 Å². The lowest BCUT2D eigenvalue weighted by molar-refractivity contribution is -0.383. The van der Waals surface area contributed by atoms with Crippen molar-refractivity contribution in [3.63, 3.8) is 0 Å². The second kappa shape index (κ2) is 34.9. The van der Waals surface area contributed by atoms with Crippen LogP contribution in [0.3, 0.4) is 0 Å². The molecule has 0 aromatic heterocycles. The van der Waals surface area contributed by atoms with Crippen LogP contribution in [0.4, 0.5) is 0 Å². The third-order valence-electron chi connectivity index (χ3n) is 12.5. The lowest BCUT2D eigenvalue weighted by atomic mass is 9.99. The van der Waals surface area contributed by atoms with Gasteiger partial charge >= 0.3 is 11.9 Å². The van der Waals surface area contributed by atoms with Gasteiger partial charge in [0.05, 0.1) is 6.61 Å². The van der Waals surface area contributed by atoms with Gasteiger partial charge in [0.2, 0.25) is 5.79 Å². The molecule has 13 nitrogen and oxygen atoms in total. The van der Waals surface area contributed by atoms with Crippen LogP contribution in [0.2, 0.25) is 0 Å². The second-order valence-electron chi connectivity index (χ2n) is 18.0. The molecule has 0 bridgehead atoms. The molecule has 0 spiro atoms. The van der Waals surface area contributed by atoms with Crippen molar-refractivity contribution in [3.8, 4) is 0 Å². The van der Waals surface area contributed by atoms with Crippen LogP contribution in [-0.4, -0.2) is 117 Å². The third kappa shape index (κ3) is 23.4. The van der Waals surface area contributed by atoms with Crippen molar-refractivity contribution in [1.29, 1.82) is 0 Å². The number of hydrogen-bond donors (Lipinski definition) is 6. The molecule has 0 amide bonds. The van der Waals surface area contributed by atoms with Crippen LogP contribution >= 0.6 is 0 Å². The number of ether oxygens (including phenoxy) is 5. The zero-order chi connectivity index (χ0) is 44.6. The predicted octanol–water partition coefficient (Wildman–Crippen LogP) is 8.23. The Bertz CT molecular complexity index is 1080. The fraction of sp³-hybridized carbons (Fsp3) is 0.958. The maximum atomic E-state index is 12.8. The Hall–Kier alpha value is -1.42. The average molecular weight is 875 g/mol. The molecule has 0 saturated carbocycles. The molecule has 2 fully saturated rings. The molecule has 9 atom stereocenters. The number of aliphatic hydroxyl groups is 6. The first-order valence-electron chi connectivity index (χ1n) is 24.9. The number of hydrogen-bond acceptors (Lipinski definition) is 13. The van der Waals surface area contributed by atoms with Crippen LogP contribution < -0.4 is 0 Å². The molecule has 2 aliphatic rings. The van der Waals surface area contributed by atoms with E-state index in [4.69, 9.17) is 23.7 Å². The van der Waals surface area contributed by atoms with Gasteiger partial charge in [-0.25, -0.2) is 0 Å². The summed E-state index contributed by atoms with van der Waals surface area (Å²) >= 11 is 0. The highest BCUT2D eigenvalue weighted by atomic mass is 16.8. The van der Waals surface area contributed by atoms with E-state index in [0.29, 0.717) is 12.8 Å². The monoisotopic (exact) mass is 875 g/mol. The molecule has 2 aliphatic heterocycles. The van der Waals surface area contributed by atoms with Crippen molar-refractivity contribution < 1.29 is 63.9 Å². The first kappa shape index (κ1) is 55.7. The van der Waals surface area contributed by atoms with E-state index in [2.05, 4.69) is 13.8 Å². The number of carbonyl (C=O) groups is 2. The molecule has 2 saturated heterocycles. The summed E-state index contributed by atoms with van der Waals surface area (Å²) in [6, 6.07) is 0. The summed E-state index contributed by atoms with van der Waals surface area (Å²) in [5, 5.41) is 63.6. The summed E-state index contributed by atoms with van der Waals surface area (Å²) in [5.74, 6) is -3.38. The Kier molecular flexibility index (Phi) is 31.9. The van der Waals surface area contributed by atoms with Crippen LogP contribution in [0.15, 0.2) is 0 Å². The lowest BCUT2D eigenvalue weighted by Crippen LogP contribution is -2.63. The highest BCUT2D eigenvalue weighted by Crippen LogP contribution is 2.37. The van der Waals surface area contributed by atoms with Gasteiger partial charge in [-0.05, 0) is 12.8 Å². The minimum Gasteiger partial charge on any atom is -0.463 e. The van der Waals surface area contributed by atoms with Crippen molar-refractivity contribution >= 4 is 11.9 Å². The van der Waals surface area contributed by atoms with Gasteiger partial charge in [-0.1, -0.05) is 194 Å². The molecule has 6 N–H and O–H groups in total. The molecule has 2 rings (SSSR count). The number of unbranched alkanes of at least 4 members (excludes halogenated alkanes) is 28. The Morgan fingerprint density at radius 1 is 0.475 bits per heavy atom. The molecule has 360 valence electrons. The van der Waals surface area contributed by atoms with Crippen LogP contribution in [-0.2, 0) is 33.3 Å². The summed E-state index contributed by atoms with van der Waals surface area (Å²) < 4.78 is 28.1. The van der Waals surface area contributed by atoms with E-state index in [9.17, 15) is 40.2 Å². The first-order chi connectivity index (χ1) is 29.6. The standard InChI is InChI=1S/C48H90O13/c1-3-5-7-9-11-13-15-17-19-21-23-25-27-29-31-33-40(50)57-36-39-42(52)44(54)45(55)47(59-39)61-48(46(56)43(53)38(35-49)60-48)37-58-41(51)34-32-30-28-26-24-22-20-18-16-14-12-10-8-6-4-2/h38-39,42-47,49,52-56H,3-37H2,1-2H3. The van der Waals surface area contributed by atoms with E-state index in [-0.39, 0.29) is 12.8 Å². The summed E-state index contributed by atoms with van der Waals surface area (Å²) in [7, 11) is 0. The summed E-state index contributed by atoms with van der Waals surface area (Å²) in [6.45, 7) is 2.61. The Labute approximate surface area is 369 Å². The molecule has 0 aromatic carbocycles. The molecule has 2 heterocycles. The normalized spacial score (nSPS) is 26.5. The van der Waals surface area contributed by atoms with Crippen molar-refractivity contribution in [2.45, 2.75) is 274 Å². The molecular formula is C48H90O13. The molecule has 9 unspecified atom stereocenters. The summed E-state index contributed by atoms with van der Waals surface area (Å²) in [5.41, 5.74) is 0. The number of carbonyl (C=O) groups excluding carboxylic acids is 2. The van der Waals surface area contributed by atoms with Crippen LogP contribution in [0.1, 0.15) is 219 Å². The fourth-order valence-corrected chi connectivity index (χ4v) is 8.39. The fourth-order valence-electron chi connectivity index (χ4n) is 8.39. The van der Waals surface area contributed by atoms with Gasteiger partial charge in [-0.3, -0.25) is 9.59 Å². The Morgan fingerprint density at radius 3 is 1.23 bits per heavy atom. The first-order valence-corrected chi connectivity index (χ1v) is 24.9. The summed E-state index contributed by atoms with van der Waals surface area (Å²) in [6.07, 6.45) is 23.1. The zero-order valence-electron chi connectivity index (χ0n) is 38.4. The van der Waals surface area contributed by atoms with E-state index < -0.39 is 86.6 Å². The van der Waals surface area contributed by atoms with E-state index in [0.717, 1.165) is 38.5 Å². The smallest absolute Gasteiger partial charge is 0.305 e.